The SMILES string of the molecule is CC.CC(C)c1cc(C(C)C)c(S(=O)(=O)[O-])c(C(C)C)c1.CCOc1cc(OCC)c([N+]#N)c(OCC)c1.Cc1cc(C(C)(C)c2ccc(C(C)(c3cc(C)c(O)c(C)c3)c3cc(C)c(O)c(C)c3)cc2)cc(C)c1O.[2H-].[CH3-]. The van der Waals surface area contributed by atoms with E-state index in [1.54, 1.807) is 12.1 Å². The minimum absolute atomic E-state index is 0. The van der Waals surface area contributed by atoms with Gasteiger partial charge >= 0.3 is 5.69 Å². The highest BCUT2D eigenvalue weighted by Crippen LogP contribution is 2.45. The number of ether oxygens (including phenoxy) is 3. The van der Waals surface area contributed by atoms with Crippen LogP contribution >= 0.6 is 0 Å². The summed E-state index contributed by atoms with van der Waals surface area (Å²) >= 11 is 0. The Hall–Kier alpha value is -6.55. The molecule has 11 nitrogen and oxygen atoms in total. The third-order valence-corrected chi connectivity index (χ3v) is 14.9. The van der Waals surface area contributed by atoms with Gasteiger partial charge in [-0.1, -0.05) is 142 Å². The van der Waals surface area contributed by atoms with Crippen LogP contribution in [0.4, 0.5) is 5.69 Å². The lowest BCUT2D eigenvalue weighted by Crippen LogP contribution is -2.27. The van der Waals surface area contributed by atoms with Crippen molar-refractivity contribution in [3.8, 4) is 34.5 Å². The maximum atomic E-state index is 11.6. The van der Waals surface area contributed by atoms with Gasteiger partial charge in [0.25, 0.3) is 0 Å². The smallest absolute Gasteiger partial charge is 0.467 e. The van der Waals surface area contributed by atoms with Crippen LogP contribution in [0.5, 0.6) is 34.5 Å². The molecule has 422 valence electrons. The van der Waals surface area contributed by atoms with Crippen LogP contribution in [0.3, 0.4) is 0 Å². The van der Waals surface area contributed by atoms with E-state index in [2.05, 4.69) is 100 Å². The molecule has 0 atom stereocenters. The Morgan fingerprint density at radius 1 is 0.545 bits per heavy atom. The molecule has 6 aromatic rings. The first-order chi connectivity index (χ1) is 35.5. The molecule has 77 heavy (non-hydrogen) atoms. The molecule has 12 heteroatoms. The zero-order chi connectivity index (χ0) is 57.8. The molecule has 6 rings (SSSR count). The van der Waals surface area contributed by atoms with E-state index in [1.165, 1.54) is 5.56 Å². The van der Waals surface area contributed by atoms with Crippen LogP contribution in [0.25, 0.3) is 4.98 Å². The van der Waals surface area contributed by atoms with Gasteiger partial charge in [-0.05, 0) is 165 Å². The molecule has 0 amide bonds. The fourth-order valence-corrected chi connectivity index (χ4v) is 10.5. The van der Waals surface area contributed by atoms with Gasteiger partial charge in [0.15, 0.2) is 4.98 Å². The van der Waals surface area contributed by atoms with Crippen molar-refractivity contribution in [2.24, 2.45) is 0 Å². The maximum Gasteiger partial charge on any atom is 0.467 e. The lowest BCUT2D eigenvalue weighted by Gasteiger charge is -2.34. The Morgan fingerprint density at radius 2 is 0.870 bits per heavy atom. The molecule has 0 aromatic heterocycles. The van der Waals surface area contributed by atoms with Crippen molar-refractivity contribution in [2.75, 3.05) is 19.8 Å². The number of rotatable bonds is 15. The fourth-order valence-electron chi connectivity index (χ4n) is 9.31. The summed E-state index contributed by atoms with van der Waals surface area (Å²) in [6.45, 7) is 41.2. The van der Waals surface area contributed by atoms with Crippen LogP contribution in [0.15, 0.2) is 89.8 Å². The zero-order valence-electron chi connectivity index (χ0n) is 51.0. The Bertz CT molecular complexity index is 2920. The normalized spacial score (nSPS) is 11.3. The van der Waals surface area contributed by atoms with Crippen LogP contribution in [0, 0.1) is 54.4 Å². The van der Waals surface area contributed by atoms with Gasteiger partial charge in [0.2, 0.25) is 16.9 Å². The molecular weight excluding hydrogens is 985 g/mol. The van der Waals surface area contributed by atoms with Crippen LogP contribution in [-0.4, -0.2) is 48.1 Å². The first kappa shape index (κ1) is 66.6. The molecule has 0 fully saturated rings. The lowest BCUT2D eigenvalue weighted by molar-refractivity contribution is 0.310. The predicted octanol–water partition coefficient (Wildman–Crippen LogP) is 17.3. The summed E-state index contributed by atoms with van der Waals surface area (Å²) in [5.74, 6) is 2.86. The third-order valence-electron chi connectivity index (χ3n) is 13.9. The predicted molar refractivity (Wildman–Crippen MR) is 317 cm³/mol. The largest absolute Gasteiger partial charge is 1.00 e. The molecule has 3 N–H and O–H groups in total. The Labute approximate surface area is 464 Å². The van der Waals surface area contributed by atoms with E-state index >= 15 is 0 Å². The Kier molecular flexibility index (Phi) is 24.4. The van der Waals surface area contributed by atoms with Gasteiger partial charge in [-0.15, -0.1) is 0 Å². The average molecular weight is 1080 g/mol. The number of hydrogen-bond acceptors (Lipinski definition) is 10. The van der Waals surface area contributed by atoms with E-state index in [0.29, 0.717) is 71.4 Å². The van der Waals surface area contributed by atoms with Gasteiger partial charge in [0, 0.05) is 23.0 Å². The molecule has 0 aliphatic carbocycles. The van der Waals surface area contributed by atoms with Crippen LogP contribution < -0.4 is 14.2 Å². The van der Waals surface area contributed by atoms with Crippen LogP contribution in [0.1, 0.15) is 194 Å². The summed E-state index contributed by atoms with van der Waals surface area (Å²) in [7, 11) is -4.45. The zero-order valence-corrected chi connectivity index (χ0v) is 50.8. The molecule has 0 unspecified atom stereocenters. The fraction of sp³-hybridized carbons (Fsp3) is 0.431. The highest BCUT2D eigenvalue weighted by molar-refractivity contribution is 7.85. The quantitative estimate of drug-likeness (QED) is 0.0389. The van der Waals surface area contributed by atoms with E-state index in [0.717, 1.165) is 61.2 Å². The number of phenols is 3. The van der Waals surface area contributed by atoms with Crippen LogP contribution in [-0.2, 0) is 20.9 Å². The minimum Gasteiger partial charge on any atom is -1.00 e. The summed E-state index contributed by atoms with van der Waals surface area (Å²) < 4.78 is 51.0. The number of phenolic OH excluding ortho intramolecular Hbond substituents is 3. The second-order valence-electron chi connectivity index (χ2n) is 20.8. The number of aryl methyl sites for hydroxylation is 6. The number of aromatic hydroxyl groups is 3. The van der Waals surface area contributed by atoms with Crippen LogP contribution in [0.2, 0.25) is 0 Å². The van der Waals surface area contributed by atoms with Crippen molar-refractivity contribution in [1.82, 2.24) is 0 Å². The summed E-state index contributed by atoms with van der Waals surface area (Å²) in [5.41, 5.74) is 12.7. The van der Waals surface area contributed by atoms with Gasteiger partial charge in [-0.3, -0.25) is 0 Å². The summed E-state index contributed by atoms with van der Waals surface area (Å²) in [5, 5.41) is 40.3. The van der Waals surface area contributed by atoms with E-state index in [4.69, 9.17) is 19.6 Å². The molecule has 0 aliphatic heterocycles. The number of nitrogens with zero attached hydrogens (tertiary/aromatic N) is 2. The number of hydrogen-bond donors (Lipinski definition) is 3. The highest BCUT2D eigenvalue weighted by Gasteiger charge is 2.34. The summed E-state index contributed by atoms with van der Waals surface area (Å²) in [6.07, 6.45) is 0. The molecule has 0 radical (unpaired) electrons. The molecule has 0 bridgehead atoms. The van der Waals surface area contributed by atoms with Crippen molar-refractivity contribution >= 4 is 15.8 Å². The summed E-state index contributed by atoms with van der Waals surface area (Å²) in [6, 6.07) is 28.3. The lowest BCUT2D eigenvalue weighted by atomic mass is 9.69. The molecule has 0 saturated heterocycles. The van der Waals surface area contributed by atoms with Gasteiger partial charge in [-0.25, -0.2) is 8.42 Å². The van der Waals surface area contributed by atoms with E-state index in [1.807, 2.05) is 116 Å². The Balaban J connectivity index is 0.000000639. The summed E-state index contributed by atoms with van der Waals surface area (Å²) in [4.78, 5) is 3.19. The molecule has 0 heterocycles. The highest BCUT2D eigenvalue weighted by atomic mass is 32.2. The van der Waals surface area contributed by atoms with Gasteiger partial charge < -0.3 is 42.9 Å². The minimum atomic E-state index is -4.45. The second-order valence-corrected chi connectivity index (χ2v) is 22.1. The Morgan fingerprint density at radius 3 is 1.16 bits per heavy atom. The third kappa shape index (κ3) is 15.6. The molecule has 0 saturated carbocycles. The number of benzene rings is 6. The monoisotopic (exact) mass is 1080 g/mol. The van der Waals surface area contributed by atoms with Crippen molar-refractivity contribution in [2.45, 2.75) is 172 Å². The maximum absolute atomic E-state index is 11.6. The number of diazo groups is 1. The first-order valence-corrected chi connectivity index (χ1v) is 28.0. The first-order valence-electron chi connectivity index (χ1n) is 26.6. The van der Waals surface area contributed by atoms with E-state index in [-0.39, 0.29) is 36.7 Å². The van der Waals surface area contributed by atoms with Crippen molar-refractivity contribution in [3.63, 3.8) is 0 Å². The van der Waals surface area contributed by atoms with Crippen molar-refractivity contribution in [3.05, 3.63) is 175 Å². The topological polar surface area (TPSA) is 174 Å². The van der Waals surface area contributed by atoms with E-state index < -0.39 is 15.5 Å². The van der Waals surface area contributed by atoms with Crippen molar-refractivity contribution < 1.29 is 43.9 Å². The molecule has 6 aromatic carbocycles. The average Bonchev–Trinajstić information content (AvgIpc) is 3.36. The molecule has 0 spiro atoms. The van der Waals surface area contributed by atoms with Gasteiger partial charge in [0.05, 0.1) is 24.7 Å². The van der Waals surface area contributed by atoms with E-state index in [9.17, 15) is 28.3 Å². The molecular formula is C65H90N2O9S-2. The van der Waals surface area contributed by atoms with Gasteiger partial charge in [0.1, 0.15) is 33.1 Å². The van der Waals surface area contributed by atoms with Crippen molar-refractivity contribution in [1.29, 1.82) is 5.39 Å². The second kappa shape index (κ2) is 28.2. The van der Waals surface area contributed by atoms with Gasteiger partial charge in [-0.2, -0.15) is 0 Å². The standard InChI is InChI=1S/C35H40O3.C15H24O3S.C12H17N2O3.C2H6.CH3.H/c1-20-14-28(15-21(2)31(20)36)34(7,8)26-10-12-27(13-11-26)35(9,29-16-22(3)32(37)23(4)17-29)30-18-24(5)33(38)25(6)19-30;1-9(2)12-7-13(10(3)4)15(19(16,17)18)14(8-12)11(5)6;1-4-15-9-7-10(16-5-2)12(14-13)11(8-9)17-6-3;1-2;;/h10-19,36-38H,1-9H3;7-11H,1-6H3,(H,16,17,18);7-8H,4-6H2,1-3H3;1-2H3;1H3;/q;;+1;;2*-1/p-1/i;;;;;1+1. The molecule has 0 aliphatic rings.